The molecule has 4 aromatic carbocycles. The van der Waals surface area contributed by atoms with E-state index in [0.29, 0.717) is 12.2 Å². The number of nitrogens with zero attached hydrogens (tertiary/aromatic N) is 1. The van der Waals surface area contributed by atoms with E-state index in [1.54, 1.807) is 24.3 Å². The van der Waals surface area contributed by atoms with E-state index in [1.807, 2.05) is 102 Å². The normalized spacial score (nSPS) is 20.9. The topological polar surface area (TPSA) is 122 Å². The van der Waals surface area contributed by atoms with Crippen molar-refractivity contribution in [3.8, 4) is 0 Å². The van der Waals surface area contributed by atoms with E-state index < -0.39 is 46.9 Å². The van der Waals surface area contributed by atoms with Crippen LogP contribution in [0.1, 0.15) is 22.3 Å². The highest BCUT2D eigenvalue weighted by Crippen LogP contribution is 2.32. The summed E-state index contributed by atoms with van der Waals surface area (Å²) < 4.78 is 66.9. The van der Waals surface area contributed by atoms with Crippen LogP contribution in [-0.4, -0.2) is 70.2 Å². The van der Waals surface area contributed by atoms with Crippen molar-refractivity contribution in [1.82, 2.24) is 9.03 Å². The minimum absolute atomic E-state index is 0.104. The van der Waals surface area contributed by atoms with Crippen LogP contribution in [0, 0.1) is 0 Å². The maximum Gasteiger partial charge on any atom is 0.422 e. The van der Waals surface area contributed by atoms with E-state index in [0.717, 1.165) is 21.0 Å². The summed E-state index contributed by atoms with van der Waals surface area (Å²) in [6.45, 7) is 0.655. The van der Waals surface area contributed by atoms with E-state index in [-0.39, 0.29) is 26.4 Å². The maximum atomic E-state index is 13.7. The Labute approximate surface area is 287 Å². The number of rotatable bonds is 16. The highest BCUT2D eigenvalue weighted by Gasteiger charge is 2.52. The van der Waals surface area contributed by atoms with Crippen LogP contribution in [0.5, 0.6) is 0 Å². The molecule has 1 aliphatic rings. The van der Waals surface area contributed by atoms with Crippen LogP contribution in [0.2, 0.25) is 0 Å². The van der Waals surface area contributed by atoms with Crippen LogP contribution < -0.4 is 4.72 Å². The van der Waals surface area contributed by atoms with E-state index in [2.05, 4.69) is 0 Å². The Hall–Kier alpha value is -4.14. The summed E-state index contributed by atoms with van der Waals surface area (Å²) in [4.78, 5) is 12.7. The standard InChI is InChI=1S/C37H42N2O9S/c1-39(49(41,42)38-37(40)47-26-31-21-13-6-14-22-31)33-35(46-25-30-19-11-5-12-20-30)34(45-24-29-17-9-4-10-18-29)32(48-36(33)43-2)27-44-23-28-15-7-3-8-16-28/h3-22,32-36H,23-27H2,1-2H3,(H,38,40)/t32-,33-,34-,35-,36-/m1/s1. The van der Waals surface area contributed by atoms with Crippen LogP contribution in [0.4, 0.5) is 4.79 Å². The lowest BCUT2D eigenvalue weighted by atomic mass is 9.96. The van der Waals surface area contributed by atoms with E-state index in [4.69, 9.17) is 28.4 Å². The molecule has 1 N–H and O–H groups in total. The molecular weight excluding hydrogens is 648 g/mol. The fraction of sp³-hybridized carbons (Fsp3) is 0.324. The zero-order valence-corrected chi connectivity index (χ0v) is 28.3. The van der Waals surface area contributed by atoms with Crippen LogP contribution in [0.15, 0.2) is 121 Å². The van der Waals surface area contributed by atoms with Crippen molar-refractivity contribution in [2.75, 3.05) is 20.8 Å². The second-order valence-corrected chi connectivity index (χ2v) is 13.2. The number of methoxy groups -OCH3 is 1. The third kappa shape index (κ3) is 10.4. The van der Waals surface area contributed by atoms with Crippen LogP contribution >= 0.6 is 0 Å². The molecule has 11 nitrogen and oxygen atoms in total. The number of carbonyl (C=O) groups excluding carboxylic acids is 1. The number of likely N-dealkylation sites (N-methyl/N-ethyl adjacent to an activating group) is 1. The molecule has 49 heavy (non-hydrogen) atoms. The SMILES string of the molecule is CO[C@@H]1O[C@H](COCc2ccccc2)[C@@H](OCc2ccccc2)[C@H](OCc2ccccc2)[C@H]1N(C)S(=O)(=O)NC(=O)OCc1ccccc1. The fourth-order valence-electron chi connectivity index (χ4n) is 5.48. The highest BCUT2D eigenvalue weighted by molar-refractivity contribution is 7.87. The molecule has 0 spiro atoms. The molecule has 1 aliphatic heterocycles. The summed E-state index contributed by atoms with van der Waals surface area (Å²) >= 11 is 0. The first-order valence-electron chi connectivity index (χ1n) is 15.9. The van der Waals surface area contributed by atoms with Gasteiger partial charge in [0, 0.05) is 14.2 Å². The van der Waals surface area contributed by atoms with E-state index in [1.165, 1.54) is 14.2 Å². The summed E-state index contributed by atoms with van der Waals surface area (Å²) in [5.41, 5.74) is 3.46. The van der Waals surface area contributed by atoms with Crippen LogP contribution in [-0.2, 0) is 65.1 Å². The summed E-state index contributed by atoms with van der Waals surface area (Å²) in [7, 11) is -1.76. The van der Waals surface area contributed by atoms with Crippen molar-refractivity contribution < 1.29 is 41.6 Å². The zero-order valence-electron chi connectivity index (χ0n) is 27.5. The Kier molecular flexibility index (Phi) is 13.3. The largest absolute Gasteiger partial charge is 0.444 e. The lowest BCUT2D eigenvalue weighted by Crippen LogP contribution is -2.67. The van der Waals surface area contributed by atoms with Gasteiger partial charge in [0.1, 0.15) is 31.0 Å². The summed E-state index contributed by atoms with van der Waals surface area (Å²) in [5.74, 6) is 0. The molecule has 1 amide bonds. The maximum absolute atomic E-state index is 13.7. The van der Waals surface area contributed by atoms with Crippen molar-refractivity contribution in [3.63, 3.8) is 0 Å². The molecule has 0 aromatic heterocycles. The van der Waals surface area contributed by atoms with Crippen LogP contribution in [0.3, 0.4) is 0 Å². The Balaban J connectivity index is 1.40. The van der Waals surface area contributed by atoms with Gasteiger partial charge in [-0.3, -0.25) is 0 Å². The number of carbonyl (C=O) groups is 1. The number of hydrogen-bond acceptors (Lipinski definition) is 9. The molecule has 4 aromatic rings. The second kappa shape index (κ2) is 18.0. The van der Waals surface area contributed by atoms with Gasteiger partial charge in [-0.1, -0.05) is 121 Å². The molecule has 5 rings (SSSR count). The van der Waals surface area contributed by atoms with Gasteiger partial charge < -0.3 is 28.4 Å². The molecule has 1 fully saturated rings. The van der Waals surface area contributed by atoms with E-state index >= 15 is 0 Å². The molecule has 0 radical (unpaired) electrons. The molecule has 260 valence electrons. The first kappa shape index (κ1) is 36.1. The first-order chi connectivity index (χ1) is 23.8. The van der Waals surface area contributed by atoms with Gasteiger partial charge in [-0.2, -0.15) is 12.7 Å². The number of benzene rings is 4. The van der Waals surface area contributed by atoms with Gasteiger partial charge in [-0.15, -0.1) is 0 Å². The number of hydrogen-bond donors (Lipinski definition) is 1. The average Bonchev–Trinajstić information content (AvgIpc) is 3.13. The highest BCUT2D eigenvalue weighted by atomic mass is 32.2. The van der Waals surface area contributed by atoms with Crippen molar-refractivity contribution in [1.29, 1.82) is 0 Å². The minimum atomic E-state index is -4.50. The molecule has 0 unspecified atom stereocenters. The van der Waals surface area contributed by atoms with Crippen LogP contribution in [0.25, 0.3) is 0 Å². The monoisotopic (exact) mass is 690 g/mol. The predicted molar refractivity (Wildman–Crippen MR) is 182 cm³/mol. The quantitative estimate of drug-likeness (QED) is 0.169. The lowest BCUT2D eigenvalue weighted by molar-refractivity contribution is -0.293. The molecule has 5 atom stereocenters. The molecule has 1 heterocycles. The van der Waals surface area contributed by atoms with Gasteiger partial charge in [0.25, 0.3) is 0 Å². The van der Waals surface area contributed by atoms with Crippen molar-refractivity contribution in [2.45, 2.75) is 57.1 Å². The van der Waals surface area contributed by atoms with Gasteiger partial charge in [0.2, 0.25) is 0 Å². The molecule has 0 saturated carbocycles. The summed E-state index contributed by atoms with van der Waals surface area (Å²) in [6, 6.07) is 36.7. The number of amides is 1. The Morgan fingerprint density at radius 3 is 1.63 bits per heavy atom. The number of ether oxygens (including phenoxy) is 6. The average molecular weight is 691 g/mol. The minimum Gasteiger partial charge on any atom is -0.444 e. The van der Waals surface area contributed by atoms with Crippen molar-refractivity contribution >= 4 is 16.3 Å². The predicted octanol–water partition coefficient (Wildman–Crippen LogP) is 5.22. The summed E-state index contributed by atoms with van der Waals surface area (Å²) in [5, 5.41) is 0. The van der Waals surface area contributed by atoms with Gasteiger partial charge in [0.15, 0.2) is 6.29 Å². The van der Waals surface area contributed by atoms with Gasteiger partial charge in [-0.25, -0.2) is 9.52 Å². The zero-order chi connectivity index (χ0) is 34.5. The van der Waals surface area contributed by atoms with Gasteiger partial charge in [-0.05, 0) is 22.3 Å². The molecule has 0 bridgehead atoms. The van der Waals surface area contributed by atoms with Gasteiger partial charge >= 0.3 is 16.3 Å². The second-order valence-electron chi connectivity index (χ2n) is 11.5. The van der Waals surface area contributed by atoms with Gasteiger partial charge in [0.05, 0.1) is 26.4 Å². The third-order valence-electron chi connectivity index (χ3n) is 8.04. The van der Waals surface area contributed by atoms with E-state index in [9.17, 15) is 13.2 Å². The van der Waals surface area contributed by atoms with Crippen molar-refractivity contribution in [2.24, 2.45) is 0 Å². The summed E-state index contributed by atoms with van der Waals surface area (Å²) in [6.07, 6.45) is -4.72. The molecule has 0 aliphatic carbocycles. The number of nitrogens with one attached hydrogen (secondary N) is 1. The van der Waals surface area contributed by atoms with Crippen molar-refractivity contribution in [3.05, 3.63) is 144 Å². The lowest BCUT2D eigenvalue weighted by Gasteiger charge is -2.48. The fourth-order valence-corrected chi connectivity index (χ4v) is 6.44. The first-order valence-corrected chi connectivity index (χ1v) is 17.4. The Bertz CT molecular complexity index is 1670. The molecular formula is C37H42N2O9S. The smallest absolute Gasteiger partial charge is 0.422 e. The third-order valence-corrected chi connectivity index (χ3v) is 9.46. The Morgan fingerprint density at radius 2 is 1.14 bits per heavy atom. The molecule has 12 heteroatoms. The molecule has 1 saturated heterocycles. The Morgan fingerprint density at radius 1 is 0.694 bits per heavy atom.